The fourth-order valence-electron chi connectivity index (χ4n) is 4.72. The molecule has 4 rings (SSSR count). The van der Waals surface area contributed by atoms with Crippen molar-refractivity contribution in [3.8, 4) is 11.6 Å². The second-order valence-corrected chi connectivity index (χ2v) is 8.98. The van der Waals surface area contributed by atoms with Crippen LogP contribution in [0.4, 0.5) is 0 Å². The number of rotatable bonds is 8. The van der Waals surface area contributed by atoms with Crippen molar-refractivity contribution in [2.75, 3.05) is 33.9 Å². The molecule has 34 heavy (non-hydrogen) atoms. The van der Waals surface area contributed by atoms with Gasteiger partial charge in [-0.25, -0.2) is 4.98 Å². The summed E-state index contributed by atoms with van der Waals surface area (Å²) in [6.45, 7) is 1.49. The lowest BCUT2D eigenvalue weighted by Gasteiger charge is -2.48. The van der Waals surface area contributed by atoms with Gasteiger partial charge in [0.1, 0.15) is 5.75 Å². The molecular weight excluding hydrogens is 436 g/mol. The van der Waals surface area contributed by atoms with E-state index in [1.165, 1.54) is 7.11 Å². The van der Waals surface area contributed by atoms with Gasteiger partial charge in [0.2, 0.25) is 11.8 Å². The average molecular weight is 469 g/mol. The predicted molar refractivity (Wildman–Crippen MR) is 126 cm³/mol. The number of ether oxygens (including phenoxy) is 2. The largest absolute Gasteiger partial charge is 0.497 e. The molecule has 1 aliphatic heterocycles. The summed E-state index contributed by atoms with van der Waals surface area (Å²) in [5.41, 5.74) is 0.427. The molecule has 0 spiro atoms. The molecule has 9 heteroatoms. The molecule has 1 aromatic carbocycles. The van der Waals surface area contributed by atoms with E-state index in [1.54, 1.807) is 43.6 Å². The van der Waals surface area contributed by atoms with Gasteiger partial charge in [0.25, 0.3) is 5.91 Å². The third kappa shape index (κ3) is 5.48. The van der Waals surface area contributed by atoms with Gasteiger partial charge in [-0.05, 0) is 49.9 Å². The van der Waals surface area contributed by atoms with Crippen molar-refractivity contribution in [1.82, 2.24) is 20.5 Å². The van der Waals surface area contributed by atoms with Crippen LogP contribution in [0, 0.1) is 0 Å². The number of methoxy groups -OCH3 is 2. The van der Waals surface area contributed by atoms with E-state index >= 15 is 0 Å². The van der Waals surface area contributed by atoms with Gasteiger partial charge in [-0.1, -0.05) is 6.07 Å². The third-order valence-electron chi connectivity index (χ3n) is 6.80. The lowest BCUT2D eigenvalue weighted by Crippen LogP contribution is -2.63. The Morgan fingerprint density at radius 1 is 1.15 bits per heavy atom. The SMILES string of the molecule is COc1cccc(C(=O)NCC(=O)NC2CN([C@H]3CC[C@@](O)(c4ccc(OC)nc4)CC3)C2)c1. The van der Waals surface area contributed by atoms with Gasteiger partial charge in [0.15, 0.2) is 0 Å². The zero-order valence-electron chi connectivity index (χ0n) is 19.6. The van der Waals surface area contributed by atoms with Crippen LogP contribution in [0.5, 0.6) is 11.6 Å². The van der Waals surface area contributed by atoms with Crippen molar-refractivity contribution >= 4 is 11.8 Å². The van der Waals surface area contributed by atoms with Gasteiger partial charge in [0, 0.05) is 42.5 Å². The van der Waals surface area contributed by atoms with E-state index in [0.717, 1.165) is 31.5 Å². The number of carbonyl (C=O) groups excluding carboxylic acids is 2. The molecule has 2 aromatic rings. The fraction of sp³-hybridized carbons (Fsp3) is 0.480. The zero-order chi connectivity index (χ0) is 24.1. The van der Waals surface area contributed by atoms with Crippen LogP contribution in [0.3, 0.4) is 0 Å². The van der Waals surface area contributed by atoms with E-state index in [9.17, 15) is 14.7 Å². The van der Waals surface area contributed by atoms with E-state index in [4.69, 9.17) is 9.47 Å². The van der Waals surface area contributed by atoms with Crippen LogP contribution in [0.1, 0.15) is 41.6 Å². The third-order valence-corrected chi connectivity index (χ3v) is 6.80. The molecular formula is C25H32N4O5. The van der Waals surface area contributed by atoms with E-state index in [1.807, 2.05) is 6.07 Å². The van der Waals surface area contributed by atoms with Crippen LogP contribution in [0.25, 0.3) is 0 Å². The summed E-state index contributed by atoms with van der Waals surface area (Å²) in [5, 5.41) is 16.7. The number of benzene rings is 1. The van der Waals surface area contributed by atoms with Crippen molar-refractivity contribution < 1.29 is 24.2 Å². The maximum atomic E-state index is 12.3. The van der Waals surface area contributed by atoms with Crippen LogP contribution in [0.2, 0.25) is 0 Å². The Morgan fingerprint density at radius 2 is 1.91 bits per heavy atom. The summed E-state index contributed by atoms with van der Waals surface area (Å²) in [5.74, 6) is 0.611. The van der Waals surface area contributed by atoms with Gasteiger partial charge in [-0.2, -0.15) is 0 Å². The Bertz CT molecular complexity index is 999. The molecule has 1 saturated carbocycles. The van der Waals surface area contributed by atoms with Crippen molar-refractivity contribution in [3.63, 3.8) is 0 Å². The quantitative estimate of drug-likeness (QED) is 0.538. The number of likely N-dealkylation sites (tertiary alicyclic amines) is 1. The topological polar surface area (TPSA) is 113 Å². The minimum Gasteiger partial charge on any atom is -0.497 e. The number of nitrogens with one attached hydrogen (secondary N) is 2. The first-order valence-corrected chi connectivity index (χ1v) is 11.6. The molecule has 0 bridgehead atoms. The average Bonchev–Trinajstić information content (AvgIpc) is 2.85. The summed E-state index contributed by atoms with van der Waals surface area (Å²) in [7, 11) is 3.11. The van der Waals surface area contributed by atoms with Gasteiger partial charge >= 0.3 is 0 Å². The number of pyridine rings is 1. The maximum absolute atomic E-state index is 12.3. The molecule has 1 aliphatic carbocycles. The summed E-state index contributed by atoms with van der Waals surface area (Å²) in [6, 6.07) is 10.9. The number of carbonyl (C=O) groups is 2. The first-order chi connectivity index (χ1) is 16.4. The molecule has 0 atom stereocenters. The first-order valence-electron chi connectivity index (χ1n) is 11.6. The molecule has 2 aliphatic rings. The zero-order valence-corrected chi connectivity index (χ0v) is 19.6. The van der Waals surface area contributed by atoms with Crippen molar-refractivity contribution in [2.24, 2.45) is 0 Å². The van der Waals surface area contributed by atoms with Crippen LogP contribution < -0.4 is 20.1 Å². The Balaban J connectivity index is 1.17. The standard InChI is InChI=1S/C25H32N4O5/c1-33-21-5-3-4-17(12-21)24(31)27-14-22(30)28-19-15-29(16-19)20-8-10-25(32,11-9-20)18-6-7-23(34-2)26-13-18/h3-7,12-13,19-20,32H,8-11,14-16H2,1-2H3,(H,27,31)(H,28,30)/t20-,25-. The van der Waals surface area contributed by atoms with Crippen LogP contribution in [-0.2, 0) is 10.4 Å². The molecule has 1 saturated heterocycles. The molecule has 0 unspecified atom stereocenters. The molecule has 3 N–H and O–H groups in total. The van der Waals surface area contributed by atoms with Crippen molar-refractivity contribution in [2.45, 2.75) is 43.4 Å². The Hall–Kier alpha value is -3.17. The normalized spacial score (nSPS) is 23.0. The highest BCUT2D eigenvalue weighted by Gasteiger charge is 2.40. The Kier molecular flexibility index (Phi) is 7.33. The Labute approximate surface area is 199 Å². The van der Waals surface area contributed by atoms with Crippen LogP contribution >= 0.6 is 0 Å². The second-order valence-electron chi connectivity index (χ2n) is 8.98. The van der Waals surface area contributed by atoms with Crippen LogP contribution in [0.15, 0.2) is 42.6 Å². The molecule has 1 aromatic heterocycles. The molecule has 9 nitrogen and oxygen atoms in total. The minimum absolute atomic E-state index is 0.0705. The number of hydrogen-bond acceptors (Lipinski definition) is 7. The van der Waals surface area contributed by atoms with Gasteiger partial charge in [-0.15, -0.1) is 0 Å². The Morgan fingerprint density at radius 3 is 2.56 bits per heavy atom. The summed E-state index contributed by atoms with van der Waals surface area (Å²) in [4.78, 5) is 31.1. The fourth-order valence-corrected chi connectivity index (χ4v) is 4.72. The predicted octanol–water partition coefficient (Wildman–Crippen LogP) is 1.46. The highest BCUT2D eigenvalue weighted by atomic mass is 16.5. The smallest absolute Gasteiger partial charge is 0.251 e. The first kappa shape index (κ1) is 24.0. The lowest BCUT2D eigenvalue weighted by molar-refractivity contribution is -0.122. The van der Waals surface area contributed by atoms with E-state index in [0.29, 0.717) is 36.1 Å². The molecule has 2 amide bonds. The highest BCUT2D eigenvalue weighted by Crippen LogP contribution is 2.39. The molecule has 0 radical (unpaired) electrons. The summed E-state index contributed by atoms with van der Waals surface area (Å²) < 4.78 is 10.2. The highest BCUT2D eigenvalue weighted by molar-refractivity contribution is 5.96. The number of nitrogens with zero attached hydrogens (tertiary/aromatic N) is 2. The van der Waals surface area contributed by atoms with E-state index < -0.39 is 5.60 Å². The second kappa shape index (κ2) is 10.4. The monoisotopic (exact) mass is 468 g/mol. The number of hydrogen-bond donors (Lipinski definition) is 3. The lowest BCUT2D eigenvalue weighted by atomic mass is 9.77. The van der Waals surface area contributed by atoms with E-state index in [2.05, 4.69) is 20.5 Å². The minimum atomic E-state index is -0.852. The number of amides is 2. The van der Waals surface area contributed by atoms with E-state index in [-0.39, 0.29) is 24.4 Å². The van der Waals surface area contributed by atoms with Gasteiger partial charge in [0.05, 0.1) is 32.4 Å². The molecule has 182 valence electrons. The summed E-state index contributed by atoms with van der Waals surface area (Å²) in [6.07, 6.45) is 4.83. The molecule has 2 fully saturated rings. The van der Waals surface area contributed by atoms with Crippen LogP contribution in [-0.4, -0.2) is 72.7 Å². The van der Waals surface area contributed by atoms with Crippen molar-refractivity contribution in [1.29, 1.82) is 0 Å². The van der Waals surface area contributed by atoms with Gasteiger partial charge in [-0.3, -0.25) is 14.5 Å². The van der Waals surface area contributed by atoms with Crippen molar-refractivity contribution in [3.05, 3.63) is 53.7 Å². The number of aliphatic hydroxyl groups is 1. The molecule has 2 heterocycles. The summed E-state index contributed by atoms with van der Waals surface area (Å²) >= 11 is 0. The number of aromatic nitrogens is 1. The van der Waals surface area contributed by atoms with Gasteiger partial charge < -0.3 is 25.2 Å². The maximum Gasteiger partial charge on any atom is 0.251 e.